The zero-order chi connectivity index (χ0) is 14.2. The smallest absolute Gasteiger partial charge is 0.134 e. The number of hydrogen-bond donors (Lipinski definition) is 0. The Bertz CT molecular complexity index is 626. The molecule has 2 aromatic carbocycles. The van der Waals surface area contributed by atoms with Gasteiger partial charge in [0.2, 0.25) is 0 Å². The molecule has 0 aliphatic heterocycles. The third-order valence-corrected chi connectivity index (χ3v) is 3.82. The van der Waals surface area contributed by atoms with E-state index < -0.39 is 17.0 Å². The summed E-state index contributed by atoms with van der Waals surface area (Å²) >= 11 is 17.9. The van der Waals surface area contributed by atoms with Gasteiger partial charge >= 0.3 is 0 Å². The van der Waals surface area contributed by atoms with Gasteiger partial charge in [-0.1, -0.05) is 35.3 Å². The first kappa shape index (κ1) is 14.6. The highest BCUT2D eigenvalue weighted by Gasteiger charge is 2.23. The zero-order valence-electron chi connectivity index (χ0n) is 9.85. The quantitative estimate of drug-likeness (QED) is 0.603. The van der Waals surface area contributed by atoms with Gasteiger partial charge in [0.25, 0.3) is 0 Å². The molecule has 19 heavy (non-hydrogen) atoms. The highest BCUT2D eigenvalue weighted by Crippen LogP contribution is 2.37. The molecule has 1 unspecified atom stereocenters. The maximum Gasteiger partial charge on any atom is 0.134 e. The van der Waals surface area contributed by atoms with Crippen molar-refractivity contribution in [2.75, 3.05) is 0 Å². The first-order valence-corrected chi connectivity index (χ1v) is 6.64. The van der Waals surface area contributed by atoms with Crippen LogP contribution >= 0.6 is 34.8 Å². The summed E-state index contributed by atoms with van der Waals surface area (Å²) in [6, 6.07) is 7.17. The molecule has 0 aliphatic carbocycles. The molecule has 0 saturated carbocycles. The second kappa shape index (κ2) is 5.66. The molecule has 2 rings (SSSR count). The molecular weight excluding hydrogens is 313 g/mol. The van der Waals surface area contributed by atoms with Gasteiger partial charge in [-0.05, 0) is 36.2 Å². The third kappa shape index (κ3) is 2.86. The Kier molecular flexibility index (Phi) is 4.34. The summed E-state index contributed by atoms with van der Waals surface area (Å²) in [5.41, 5.74) is 0.536. The van der Waals surface area contributed by atoms with Crippen molar-refractivity contribution >= 4 is 34.8 Å². The standard InChI is InChI=1S/C14H9Cl3F2/c1-7-2-5-11(18)12(14(7)19)13(17)9-4-3-8(15)6-10(9)16/h2-6,13H,1H3. The minimum Gasteiger partial charge on any atom is -0.207 e. The summed E-state index contributed by atoms with van der Waals surface area (Å²) in [7, 11) is 0. The van der Waals surface area contributed by atoms with Crippen LogP contribution in [0, 0.1) is 18.6 Å². The lowest BCUT2D eigenvalue weighted by molar-refractivity contribution is 0.553. The molecular formula is C14H9Cl3F2. The van der Waals surface area contributed by atoms with E-state index in [0.717, 1.165) is 0 Å². The van der Waals surface area contributed by atoms with Gasteiger partial charge in [0.05, 0.1) is 5.38 Å². The van der Waals surface area contributed by atoms with E-state index in [1.54, 1.807) is 19.1 Å². The average molecular weight is 322 g/mol. The van der Waals surface area contributed by atoms with E-state index >= 15 is 0 Å². The molecule has 5 heteroatoms. The van der Waals surface area contributed by atoms with Crippen LogP contribution < -0.4 is 0 Å². The topological polar surface area (TPSA) is 0 Å². The van der Waals surface area contributed by atoms with Crippen LogP contribution in [0.5, 0.6) is 0 Å². The number of hydrogen-bond acceptors (Lipinski definition) is 0. The van der Waals surface area contributed by atoms with Crippen LogP contribution in [-0.2, 0) is 0 Å². The number of aryl methyl sites for hydroxylation is 1. The van der Waals surface area contributed by atoms with Crippen molar-refractivity contribution in [2.24, 2.45) is 0 Å². The third-order valence-electron chi connectivity index (χ3n) is 2.81. The molecule has 100 valence electrons. The molecule has 0 bridgehead atoms. The molecule has 0 amide bonds. The van der Waals surface area contributed by atoms with Gasteiger partial charge in [0.1, 0.15) is 11.6 Å². The van der Waals surface area contributed by atoms with Gasteiger partial charge in [-0.25, -0.2) is 8.78 Å². The highest BCUT2D eigenvalue weighted by molar-refractivity contribution is 6.36. The summed E-state index contributed by atoms with van der Waals surface area (Å²) < 4.78 is 27.8. The highest BCUT2D eigenvalue weighted by atomic mass is 35.5. The Morgan fingerprint density at radius 1 is 1.05 bits per heavy atom. The lowest BCUT2D eigenvalue weighted by Crippen LogP contribution is -2.03. The average Bonchev–Trinajstić information content (AvgIpc) is 2.34. The summed E-state index contributed by atoms with van der Waals surface area (Å²) in [6.07, 6.45) is 0. The molecule has 0 saturated heterocycles. The number of halogens is 5. The van der Waals surface area contributed by atoms with Gasteiger partial charge in [0, 0.05) is 15.6 Å². The summed E-state index contributed by atoms with van der Waals surface area (Å²) in [5, 5.41) is -0.305. The van der Waals surface area contributed by atoms with Crippen LogP contribution in [0.25, 0.3) is 0 Å². The van der Waals surface area contributed by atoms with Crippen LogP contribution in [0.4, 0.5) is 8.78 Å². The van der Waals surface area contributed by atoms with Crippen molar-refractivity contribution in [1.82, 2.24) is 0 Å². The van der Waals surface area contributed by atoms with Crippen LogP contribution in [-0.4, -0.2) is 0 Å². The van der Waals surface area contributed by atoms with E-state index in [2.05, 4.69) is 0 Å². The Labute approximate surface area is 124 Å². The van der Waals surface area contributed by atoms with E-state index in [9.17, 15) is 8.78 Å². The summed E-state index contributed by atoms with van der Waals surface area (Å²) in [6.45, 7) is 1.55. The van der Waals surface area contributed by atoms with Gasteiger partial charge < -0.3 is 0 Å². The molecule has 0 N–H and O–H groups in total. The van der Waals surface area contributed by atoms with Gasteiger partial charge in [0.15, 0.2) is 0 Å². The second-order valence-corrected chi connectivity index (χ2v) is 5.40. The molecule has 0 spiro atoms. The molecule has 0 nitrogen and oxygen atoms in total. The molecule has 0 heterocycles. The van der Waals surface area contributed by atoms with E-state index in [0.29, 0.717) is 16.1 Å². The van der Waals surface area contributed by atoms with Crippen molar-refractivity contribution in [1.29, 1.82) is 0 Å². The van der Waals surface area contributed by atoms with Crippen molar-refractivity contribution in [2.45, 2.75) is 12.3 Å². The van der Waals surface area contributed by atoms with Crippen molar-refractivity contribution < 1.29 is 8.78 Å². The van der Waals surface area contributed by atoms with E-state index in [1.165, 1.54) is 18.2 Å². The van der Waals surface area contributed by atoms with Crippen LogP contribution in [0.1, 0.15) is 22.1 Å². The molecule has 0 radical (unpaired) electrons. The fourth-order valence-corrected chi connectivity index (χ4v) is 2.74. The number of benzene rings is 2. The van der Waals surface area contributed by atoms with Gasteiger partial charge in [-0.15, -0.1) is 11.6 Å². The Hall–Kier alpha value is -0.830. The molecule has 0 fully saturated rings. The minimum absolute atomic E-state index is 0.203. The zero-order valence-corrected chi connectivity index (χ0v) is 12.1. The Morgan fingerprint density at radius 3 is 2.37 bits per heavy atom. The fraction of sp³-hybridized carbons (Fsp3) is 0.143. The van der Waals surface area contributed by atoms with Crippen molar-refractivity contribution in [3.05, 3.63) is 68.7 Å². The Balaban J connectivity index is 2.56. The first-order chi connectivity index (χ1) is 8.91. The lowest BCUT2D eigenvalue weighted by atomic mass is 10.0. The number of alkyl halides is 1. The van der Waals surface area contributed by atoms with Crippen LogP contribution in [0.15, 0.2) is 30.3 Å². The first-order valence-electron chi connectivity index (χ1n) is 5.45. The maximum absolute atomic E-state index is 14.0. The predicted molar refractivity (Wildman–Crippen MR) is 75.3 cm³/mol. The van der Waals surface area contributed by atoms with Crippen LogP contribution in [0.2, 0.25) is 10.0 Å². The molecule has 0 aromatic heterocycles. The van der Waals surface area contributed by atoms with Crippen molar-refractivity contribution in [3.63, 3.8) is 0 Å². The lowest BCUT2D eigenvalue weighted by Gasteiger charge is -2.15. The summed E-state index contributed by atoms with van der Waals surface area (Å²) in [4.78, 5) is 0. The van der Waals surface area contributed by atoms with E-state index in [-0.39, 0.29) is 10.6 Å². The molecule has 2 aromatic rings. The Morgan fingerprint density at radius 2 is 1.74 bits per heavy atom. The minimum atomic E-state index is -1.01. The molecule has 1 atom stereocenters. The van der Waals surface area contributed by atoms with Gasteiger partial charge in [-0.2, -0.15) is 0 Å². The van der Waals surface area contributed by atoms with E-state index in [1.807, 2.05) is 0 Å². The van der Waals surface area contributed by atoms with E-state index in [4.69, 9.17) is 34.8 Å². The van der Waals surface area contributed by atoms with Crippen LogP contribution in [0.3, 0.4) is 0 Å². The van der Waals surface area contributed by atoms with Crippen molar-refractivity contribution in [3.8, 4) is 0 Å². The fourth-order valence-electron chi connectivity index (χ4n) is 1.77. The monoisotopic (exact) mass is 320 g/mol. The largest absolute Gasteiger partial charge is 0.207 e. The normalized spacial score (nSPS) is 12.5. The SMILES string of the molecule is Cc1ccc(F)c(C(Cl)c2ccc(Cl)cc2Cl)c1F. The summed E-state index contributed by atoms with van der Waals surface area (Å²) in [5.74, 6) is -1.36. The van der Waals surface area contributed by atoms with Gasteiger partial charge in [-0.3, -0.25) is 0 Å². The predicted octanol–water partition coefficient (Wildman–Crippen LogP) is 5.91. The second-order valence-electron chi connectivity index (χ2n) is 4.12. The molecule has 0 aliphatic rings. The number of rotatable bonds is 2. The maximum atomic E-state index is 14.0.